The van der Waals surface area contributed by atoms with Gasteiger partial charge in [0.2, 0.25) is 0 Å². The second kappa shape index (κ2) is 6.65. The Kier molecular flexibility index (Phi) is 4.88. The number of hydrogen-bond donors (Lipinski definition) is 2. The fourth-order valence-corrected chi connectivity index (χ4v) is 2.22. The van der Waals surface area contributed by atoms with Crippen LogP contribution in [0, 0.1) is 5.82 Å². The largest absolute Gasteiger partial charge is 0.481 e. The van der Waals surface area contributed by atoms with Crippen LogP contribution in [0.3, 0.4) is 0 Å². The number of anilines is 2. The molecule has 1 amide bonds. The number of carbonyl (C=O) groups is 1. The van der Waals surface area contributed by atoms with Crippen molar-refractivity contribution < 1.29 is 13.9 Å². The SMILES string of the molecule is Nc1cc(Cl)c(OCC(=O)Nc2ccccc2F)c(Cl)c1. The van der Waals surface area contributed by atoms with Gasteiger partial charge in [-0.3, -0.25) is 4.79 Å². The summed E-state index contributed by atoms with van der Waals surface area (Å²) in [4.78, 5) is 11.7. The summed E-state index contributed by atoms with van der Waals surface area (Å²) >= 11 is 11.8. The van der Waals surface area contributed by atoms with Gasteiger partial charge < -0.3 is 15.8 Å². The van der Waals surface area contributed by atoms with E-state index in [9.17, 15) is 9.18 Å². The van der Waals surface area contributed by atoms with Crippen LogP contribution >= 0.6 is 23.2 Å². The molecule has 0 saturated heterocycles. The van der Waals surface area contributed by atoms with E-state index in [1.54, 1.807) is 6.07 Å². The normalized spacial score (nSPS) is 10.2. The van der Waals surface area contributed by atoms with Gasteiger partial charge in [0, 0.05) is 5.69 Å². The molecular weight excluding hydrogens is 318 g/mol. The van der Waals surface area contributed by atoms with E-state index in [-0.39, 0.29) is 28.1 Å². The lowest BCUT2D eigenvalue weighted by Crippen LogP contribution is -2.21. The van der Waals surface area contributed by atoms with E-state index in [1.807, 2.05) is 0 Å². The molecule has 3 N–H and O–H groups in total. The second-order valence-electron chi connectivity index (χ2n) is 4.13. The Hall–Kier alpha value is -1.98. The minimum atomic E-state index is -0.538. The first-order valence-electron chi connectivity index (χ1n) is 5.89. The molecule has 0 aliphatic carbocycles. The smallest absolute Gasteiger partial charge is 0.262 e. The Morgan fingerprint density at radius 2 is 1.86 bits per heavy atom. The van der Waals surface area contributed by atoms with Crippen molar-refractivity contribution in [3.8, 4) is 5.75 Å². The molecule has 0 unspecified atom stereocenters. The summed E-state index contributed by atoms with van der Waals surface area (Å²) in [5.41, 5.74) is 6.01. The molecule has 4 nitrogen and oxygen atoms in total. The number of carbonyl (C=O) groups excluding carboxylic acids is 1. The number of nitrogen functional groups attached to an aromatic ring is 1. The van der Waals surface area contributed by atoms with Crippen LogP contribution in [-0.2, 0) is 4.79 Å². The summed E-state index contributed by atoms with van der Waals surface area (Å²) in [6, 6.07) is 8.72. The Balaban J connectivity index is 2.01. The van der Waals surface area contributed by atoms with Crippen molar-refractivity contribution in [2.45, 2.75) is 0 Å². The number of halogens is 3. The zero-order chi connectivity index (χ0) is 15.4. The van der Waals surface area contributed by atoms with Crippen molar-refractivity contribution >= 4 is 40.5 Å². The molecule has 2 aromatic carbocycles. The first-order chi connectivity index (χ1) is 9.97. The van der Waals surface area contributed by atoms with Crippen molar-refractivity contribution in [1.29, 1.82) is 0 Å². The fraction of sp³-hybridized carbons (Fsp3) is 0.0714. The molecule has 0 bridgehead atoms. The fourth-order valence-electron chi connectivity index (χ4n) is 1.60. The van der Waals surface area contributed by atoms with Gasteiger partial charge in [0.15, 0.2) is 12.4 Å². The van der Waals surface area contributed by atoms with Crippen LogP contribution in [-0.4, -0.2) is 12.5 Å². The molecule has 0 atom stereocenters. The molecule has 7 heteroatoms. The molecule has 0 saturated carbocycles. The molecule has 0 aliphatic heterocycles. The summed E-state index contributed by atoms with van der Waals surface area (Å²) in [5, 5.41) is 2.77. The van der Waals surface area contributed by atoms with E-state index >= 15 is 0 Å². The molecule has 2 rings (SSSR count). The van der Waals surface area contributed by atoms with Crippen molar-refractivity contribution in [1.82, 2.24) is 0 Å². The average molecular weight is 329 g/mol. The minimum Gasteiger partial charge on any atom is -0.481 e. The van der Waals surface area contributed by atoms with Gasteiger partial charge in [-0.25, -0.2) is 4.39 Å². The van der Waals surface area contributed by atoms with Gasteiger partial charge in [0.1, 0.15) is 5.82 Å². The summed E-state index contributed by atoms with van der Waals surface area (Å²) in [6.45, 7) is -0.363. The number of para-hydroxylation sites is 1. The third kappa shape index (κ3) is 4.00. The molecule has 0 radical (unpaired) electrons. The standard InChI is InChI=1S/C14H11Cl2FN2O2/c15-9-5-8(18)6-10(16)14(9)21-7-13(20)19-12-4-2-1-3-11(12)17/h1-6H,7,18H2,(H,19,20). The van der Waals surface area contributed by atoms with Crippen molar-refractivity contribution in [2.24, 2.45) is 0 Å². The quantitative estimate of drug-likeness (QED) is 0.840. The average Bonchev–Trinajstić information content (AvgIpc) is 2.40. The van der Waals surface area contributed by atoms with Gasteiger partial charge in [-0.15, -0.1) is 0 Å². The highest BCUT2D eigenvalue weighted by atomic mass is 35.5. The van der Waals surface area contributed by atoms with E-state index in [2.05, 4.69) is 5.32 Å². The van der Waals surface area contributed by atoms with Crippen LogP contribution in [0.25, 0.3) is 0 Å². The summed E-state index contributed by atoms with van der Waals surface area (Å²) < 4.78 is 18.6. The number of nitrogens with two attached hydrogens (primary N) is 1. The first-order valence-corrected chi connectivity index (χ1v) is 6.64. The van der Waals surface area contributed by atoms with E-state index < -0.39 is 11.7 Å². The number of benzene rings is 2. The maximum atomic E-state index is 13.4. The number of rotatable bonds is 4. The number of nitrogens with one attached hydrogen (secondary N) is 1. The predicted octanol–water partition coefficient (Wildman–Crippen LogP) is 3.73. The molecule has 0 spiro atoms. The summed E-state index contributed by atoms with van der Waals surface area (Å²) in [6.07, 6.45) is 0. The molecule has 0 aromatic heterocycles. The maximum absolute atomic E-state index is 13.4. The third-order valence-corrected chi connectivity index (χ3v) is 3.08. The van der Waals surface area contributed by atoms with Gasteiger partial charge in [0.05, 0.1) is 15.7 Å². The highest BCUT2D eigenvalue weighted by Crippen LogP contribution is 2.35. The Labute approximate surface area is 130 Å². The summed E-state index contributed by atoms with van der Waals surface area (Å²) in [5.74, 6) is -0.922. The Morgan fingerprint density at radius 3 is 2.48 bits per heavy atom. The first kappa shape index (κ1) is 15.4. The van der Waals surface area contributed by atoms with Crippen LogP contribution in [0.4, 0.5) is 15.8 Å². The molecular formula is C14H11Cl2FN2O2. The van der Waals surface area contributed by atoms with Gasteiger partial charge in [0.25, 0.3) is 5.91 Å². The number of ether oxygens (including phenoxy) is 1. The molecule has 0 fully saturated rings. The van der Waals surface area contributed by atoms with Gasteiger partial charge in [-0.05, 0) is 24.3 Å². The molecule has 2 aromatic rings. The van der Waals surface area contributed by atoms with Crippen molar-refractivity contribution in [3.05, 3.63) is 52.3 Å². The highest BCUT2D eigenvalue weighted by molar-refractivity contribution is 6.37. The van der Waals surface area contributed by atoms with Crippen LogP contribution in [0.15, 0.2) is 36.4 Å². The Bertz CT molecular complexity index is 657. The minimum absolute atomic E-state index is 0.0700. The van der Waals surface area contributed by atoms with E-state index in [1.165, 1.54) is 30.3 Å². The second-order valence-corrected chi connectivity index (χ2v) is 4.94. The monoisotopic (exact) mass is 328 g/mol. The maximum Gasteiger partial charge on any atom is 0.262 e. The number of hydrogen-bond acceptors (Lipinski definition) is 3. The van der Waals surface area contributed by atoms with Crippen LogP contribution in [0.1, 0.15) is 0 Å². The van der Waals surface area contributed by atoms with Crippen LogP contribution < -0.4 is 15.8 Å². The number of amides is 1. The third-order valence-electron chi connectivity index (χ3n) is 2.52. The predicted molar refractivity (Wildman–Crippen MR) is 81.4 cm³/mol. The Morgan fingerprint density at radius 1 is 1.24 bits per heavy atom. The van der Waals surface area contributed by atoms with Gasteiger partial charge in [-0.1, -0.05) is 35.3 Å². The topological polar surface area (TPSA) is 64.3 Å². The zero-order valence-electron chi connectivity index (χ0n) is 10.7. The van der Waals surface area contributed by atoms with Crippen molar-refractivity contribution in [3.63, 3.8) is 0 Å². The summed E-state index contributed by atoms with van der Waals surface area (Å²) in [7, 11) is 0. The van der Waals surface area contributed by atoms with Gasteiger partial charge in [-0.2, -0.15) is 0 Å². The molecule has 0 aliphatic rings. The lowest BCUT2D eigenvalue weighted by molar-refractivity contribution is -0.118. The van der Waals surface area contributed by atoms with Crippen molar-refractivity contribution in [2.75, 3.05) is 17.7 Å². The lowest BCUT2D eigenvalue weighted by atomic mass is 10.3. The van der Waals surface area contributed by atoms with Crippen LogP contribution in [0.5, 0.6) is 5.75 Å². The van der Waals surface area contributed by atoms with Crippen LogP contribution in [0.2, 0.25) is 10.0 Å². The lowest BCUT2D eigenvalue weighted by Gasteiger charge is -2.11. The highest BCUT2D eigenvalue weighted by Gasteiger charge is 2.12. The van der Waals surface area contributed by atoms with Gasteiger partial charge >= 0.3 is 0 Å². The molecule has 110 valence electrons. The van der Waals surface area contributed by atoms with E-state index in [0.717, 1.165) is 0 Å². The van der Waals surface area contributed by atoms with E-state index in [0.29, 0.717) is 5.69 Å². The molecule has 21 heavy (non-hydrogen) atoms. The molecule has 0 heterocycles. The van der Waals surface area contributed by atoms with E-state index in [4.69, 9.17) is 33.7 Å². The zero-order valence-corrected chi connectivity index (χ0v) is 12.2.